The zero-order valence-corrected chi connectivity index (χ0v) is 8.42. The van der Waals surface area contributed by atoms with Gasteiger partial charge in [0.25, 0.3) is 0 Å². The van der Waals surface area contributed by atoms with Crippen molar-refractivity contribution >= 4 is 5.97 Å². The van der Waals surface area contributed by atoms with Crippen LogP contribution in [0.3, 0.4) is 0 Å². The molecule has 0 aliphatic heterocycles. The minimum Gasteiger partial charge on any atom is -0.473 e. The Morgan fingerprint density at radius 2 is 1.67 bits per heavy atom. The molecule has 2 rings (SSSR count). The number of carbonyl (C=O) groups is 1. The quantitative estimate of drug-likeness (QED) is 0.670. The van der Waals surface area contributed by atoms with E-state index in [9.17, 15) is 4.79 Å². The molecule has 1 aromatic heterocycles. The average Bonchev–Trinajstić information content (AvgIpc) is 2.88. The number of furan rings is 1. The van der Waals surface area contributed by atoms with Crippen LogP contribution in [-0.4, -0.2) is 13.1 Å². The minimum atomic E-state index is -0.291. The van der Waals surface area contributed by atoms with Crippen LogP contribution in [0.5, 0.6) is 0 Å². The molecule has 1 heterocycles. The SMILES string of the molecule is COC(=O)c1ccccc1.c1ccoc1. The number of hydrogen-bond donors (Lipinski definition) is 0. The molecule has 3 heteroatoms. The number of carbonyl (C=O) groups excluding carboxylic acids is 1. The van der Waals surface area contributed by atoms with E-state index in [2.05, 4.69) is 9.15 Å². The summed E-state index contributed by atoms with van der Waals surface area (Å²) in [7, 11) is 1.37. The molecule has 0 spiro atoms. The summed E-state index contributed by atoms with van der Waals surface area (Å²) in [6.07, 6.45) is 3.25. The fraction of sp³-hybridized carbons (Fsp3) is 0.0833. The molecule has 15 heavy (non-hydrogen) atoms. The summed E-state index contributed by atoms with van der Waals surface area (Å²) in [5, 5.41) is 0. The number of methoxy groups -OCH3 is 1. The summed E-state index contributed by atoms with van der Waals surface area (Å²) in [5.41, 5.74) is 0.588. The minimum absolute atomic E-state index is 0.291. The number of benzene rings is 1. The molecule has 0 amide bonds. The van der Waals surface area contributed by atoms with E-state index in [1.54, 1.807) is 36.8 Å². The van der Waals surface area contributed by atoms with Crippen LogP contribution in [0.1, 0.15) is 10.4 Å². The van der Waals surface area contributed by atoms with Gasteiger partial charge in [-0.15, -0.1) is 0 Å². The lowest BCUT2D eigenvalue weighted by molar-refractivity contribution is 0.0601. The van der Waals surface area contributed by atoms with E-state index in [4.69, 9.17) is 0 Å². The lowest BCUT2D eigenvalue weighted by atomic mass is 10.2. The molecular weight excluding hydrogens is 192 g/mol. The Kier molecular flexibility index (Phi) is 4.73. The summed E-state index contributed by atoms with van der Waals surface area (Å²) < 4.78 is 9.08. The van der Waals surface area contributed by atoms with Crippen LogP contribution in [0.25, 0.3) is 0 Å². The van der Waals surface area contributed by atoms with Crippen LogP contribution in [0.4, 0.5) is 0 Å². The van der Waals surface area contributed by atoms with Gasteiger partial charge in [-0.25, -0.2) is 4.79 Å². The van der Waals surface area contributed by atoms with Gasteiger partial charge >= 0.3 is 5.97 Å². The van der Waals surface area contributed by atoms with Crippen LogP contribution in [-0.2, 0) is 4.74 Å². The summed E-state index contributed by atoms with van der Waals surface area (Å²) in [6.45, 7) is 0. The van der Waals surface area contributed by atoms with Gasteiger partial charge in [0, 0.05) is 0 Å². The normalized spacial score (nSPS) is 8.60. The smallest absolute Gasteiger partial charge is 0.337 e. The summed E-state index contributed by atoms with van der Waals surface area (Å²) >= 11 is 0. The van der Waals surface area contributed by atoms with E-state index in [0.717, 1.165) is 0 Å². The van der Waals surface area contributed by atoms with E-state index in [0.29, 0.717) is 5.56 Å². The molecule has 1 aromatic carbocycles. The highest BCUT2D eigenvalue weighted by molar-refractivity contribution is 5.89. The predicted molar refractivity (Wildman–Crippen MR) is 56.5 cm³/mol. The molecule has 0 unspecified atom stereocenters. The molecule has 0 aliphatic rings. The summed E-state index contributed by atoms with van der Waals surface area (Å²) in [4.78, 5) is 10.8. The van der Waals surface area contributed by atoms with Gasteiger partial charge in [0.2, 0.25) is 0 Å². The van der Waals surface area contributed by atoms with Crippen molar-refractivity contribution in [3.63, 3.8) is 0 Å². The number of esters is 1. The second-order valence-electron chi connectivity index (χ2n) is 2.65. The third-order valence-corrected chi connectivity index (χ3v) is 1.62. The maximum atomic E-state index is 10.8. The maximum Gasteiger partial charge on any atom is 0.337 e. The van der Waals surface area contributed by atoms with Crippen molar-refractivity contribution in [2.45, 2.75) is 0 Å². The first-order valence-electron chi connectivity index (χ1n) is 4.45. The number of rotatable bonds is 1. The van der Waals surface area contributed by atoms with Crippen molar-refractivity contribution in [2.24, 2.45) is 0 Å². The Labute approximate surface area is 88.3 Å². The molecule has 0 saturated carbocycles. The van der Waals surface area contributed by atoms with Crippen molar-refractivity contribution in [3.05, 3.63) is 60.6 Å². The first kappa shape index (κ1) is 11.0. The molecule has 3 nitrogen and oxygen atoms in total. The van der Waals surface area contributed by atoms with Gasteiger partial charge in [0.1, 0.15) is 0 Å². The molecule has 0 atom stereocenters. The molecule has 78 valence electrons. The Morgan fingerprint density at radius 3 is 2.07 bits per heavy atom. The van der Waals surface area contributed by atoms with Gasteiger partial charge in [-0.05, 0) is 24.3 Å². The summed E-state index contributed by atoms with van der Waals surface area (Å²) in [6, 6.07) is 12.5. The van der Waals surface area contributed by atoms with Gasteiger partial charge in [-0.1, -0.05) is 18.2 Å². The monoisotopic (exact) mass is 204 g/mol. The molecular formula is C12H12O3. The van der Waals surface area contributed by atoms with Crippen LogP contribution >= 0.6 is 0 Å². The molecule has 0 fully saturated rings. The Bertz CT molecular complexity index is 348. The molecule has 0 bridgehead atoms. The number of hydrogen-bond acceptors (Lipinski definition) is 3. The van der Waals surface area contributed by atoms with E-state index < -0.39 is 0 Å². The third kappa shape index (κ3) is 4.13. The topological polar surface area (TPSA) is 39.4 Å². The van der Waals surface area contributed by atoms with Gasteiger partial charge in [0.05, 0.1) is 25.2 Å². The molecule has 0 saturated heterocycles. The Morgan fingerprint density at radius 1 is 1.07 bits per heavy atom. The van der Waals surface area contributed by atoms with E-state index in [1.807, 2.05) is 18.2 Å². The van der Waals surface area contributed by atoms with E-state index >= 15 is 0 Å². The highest BCUT2D eigenvalue weighted by atomic mass is 16.5. The van der Waals surface area contributed by atoms with E-state index in [1.165, 1.54) is 7.11 Å². The molecule has 0 N–H and O–H groups in total. The van der Waals surface area contributed by atoms with Crippen LogP contribution in [0.15, 0.2) is 59.4 Å². The van der Waals surface area contributed by atoms with Crippen LogP contribution in [0.2, 0.25) is 0 Å². The number of ether oxygens (including phenoxy) is 1. The Hall–Kier alpha value is -2.03. The molecule has 2 aromatic rings. The van der Waals surface area contributed by atoms with Crippen molar-refractivity contribution in [1.82, 2.24) is 0 Å². The van der Waals surface area contributed by atoms with Crippen molar-refractivity contribution in [2.75, 3.05) is 7.11 Å². The fourth-order valence-corrected chi connectivity index (χ4v) is 0.919. The lowest BCUT2D eigenvalue weighted by Gasteiger charge is -1.95. The third-order valence-electron chi connectivity index (χ3n) is 1.62. The average molecular weight is 204 g/mol. The van der Waals surface area contributed by atoms with Crippen molar-refractivity contribution in [3.8, 4) is 0 Å². The van der Waals surface area contributed by atoms with Gasteiger partial charge in [-0.2, -0.15) is 0 Å². The van der Waals surface area contributed by atoms with Gasteiger partial charge in [-0.3, -0.25) is 0 Å². The molecule has 0 aliphatic carbocycles. The lowest BCUT2D eigenvalue weighted by Crippen LogP contribution is -1.99. The van der Waals surface area contributed by atoms with Gasteiger partial charge < -0.3 is 9.15 Å². The fourth-order valence-electron chi connectivity index (χ4n) is 0.919. The zero-order valence-electron chi connectivity index (χ0n) is 8.42. The Balaban J connectivity index is 0.000000187. The first-order chi connectivity index (χ1) is 7.34. The molecule has 0 radical (unpaired) electrons. The second-order valence-corrected chi connectivity index (χ2v) is 2.65. The summed E-state index contributed by atoms with van der Waals surface area (Å²) in [5.74, 6) is -0.291. The first-order valence-corrected chi connectivity index (χ1v) is 4.45. The predicted octanol–water partition coefficient (Wildman–Crippen LogP) is 2.75. The van der Waals surface area contributed by atoms with E-state index in [-0.39, 0.29) is 5.97 Å². The highest BCUT2D eigenvalue weighted by Gasteiger charge is 2.00. The van der Waals surface area contributed by atoms with Crippen molar-refractivity contribution in [1.29, 1.82) is 0 Å². The van der Waals surface area contributed by atoms with Crippen LogP contribution in [0, 0.1) is 0 Å². The highest BCUT2D eigenvalue weighted by Crippen LogP contribution is 1.98. The standard InChI is InChI=1S/C8H8O2.C4H4O/c1-10-8(9)7-5-3-2-4-6-7;1-2-4-5-3-1/h2-6H,1H3;1-4H. The zero-order chi connectivity index (χ0) is 10.9. The largest absolute Gasteiger partial charge is 0.473 e. The second kappa shape index (κ2) is 6.43. The van der Waals surface area contributed by atoms with Gasteiger partial charge in [0.15, 0.2) is 0 Å². The maximum absolute atomic E-state index is 10.8. The van der Waals surface area contributed by atoms with Crippen LogP contribution < -0.4 is 0 Å². The van der Waals surface area contributed by atoms with Crippen molar-refractivity contribution < 1.29 is 13.9 Å².